The van der Waals surface area contributed by atoms with Crippen molar-refractivity contribution in [1.29, 1.82) is 0 Å². The monoisotopic (exact) mass is 901 g/mol. The highest BCUT2D eigenvalue weighted by molar-refractivity contribution is 7.85. The molecule has 0 radical (unpaired) electrons. The molecule has 4 N–H and O–H groups in total. The van der Waals surface area contributed by atoms with Crippen LogP contribution < -0.4 is 0 Å². The predicted octanol–water partition coefficient (Wildman–Crippen LogP) is 10.6. The lowest BCUT2D eigenvalue weighted by molar-refractivity contribution is -0.297. The number of carbonyl (C=O) groups is 2. The summed E-state index contributed by atoms with van der Waals surface area (Å²) >= 11 is 0. The molecule has 0 amide bonds. The van der Waals surface area contributed by atoms with Crippen LogP contribution in [0.25, 0.3) is 0 Å². The molecule has 0 saturated carbocycles. The third kappa shape index (κ3) is 33.4. The van der Waals surface area contributed by atoms with Crippen LogP contribution in [0.2, 0.25) is 0 Å². The van der Waals surface area contributed by atoms with Gasteiger partial charge in [-0.1, -0.05) is 166 Å². The average molecular weight is 901 g/mol. The van der Waals surface area contributed by atoms with Crippen LogP contribution in [0.3, 0.4) is 0 Å². The van der Waals surface area contributed by atoms with Crippen LogP contribution in [0, 0.1) is 0 Å². The molecule has 1 heterocycles. The number of hydrogen-bond acceptors (Lipinski definition) is 11. The molecule has 0 aromatic carbocycles. The molecule has 1 aliphatic rings. The van der Waals surface area contributed by atoms with Crippen molar-refractivity contribution in [3.05, 3.63) is 36.5 Å². The van der Waals surface area contributed by atoms with Gasteiger partial charge in [0.2, 0.25) is 0 Å². The Kier molecular flexibility index (Phi) is 36.6. The molecule has 6 atom stereocenters. The third-order valence-electron chi connectivity index (χ3n) is 11.2. The van der Waals surface area contributed by atoms with Gasteiger partial charge in [-0.25, -0.2) is 0 Å². The zero-order valence-corrected chi connectivity index (χ0v) is 39.5. The number of ether oxygens (including phenoxy) is 4. The number of carbonyl (C=O) groups excluding carboxylic acids is 2. The van der Waals surface area contributed by atoms with Crippen molar-refractivity contribution in [1.82, 2.24) is 0 Å². The number of aliphatic hydroxyl groups excluding tert-OH is 3. The normalized spacial score (nSPS) is 20.1. The van der Waals surface area contributed by atoms with E-state index >= 15 is 0 Å². The second-order valence-corrected chi connectivity index (χ2v) is 18.6. The first-order chi connectivity index (χ1) is 30.0. The van der Waals surface area contributed by atoms with Gasteiger partial charge in [-0.05, 0) is 64.2 Å². The Morgan fingerprint density at radius 3 is 1.48 bits per heavy atom. The molecular formula is C49H88O12S. The number of rotatable bonds is 41. The summed E-state index contributed by atoms with van der Waals surface area (Å²) in [5.74, 6) is -1.99. The van der Waals surface area contributed by atoms with Crippen LogP contribution >= 0.6 is 0 Å². The molecule has 62 heavy (non-hydrogen) atoms. The fourth-order valence-corrected chi connectivity index (χ4v) is 8.03. The maximum absolute atomic E-state index is 12.8. The van der Waals surface area contributed by atoms with Crippen LogP contribution in [0.4, 0.5) is 0 Å². The van der Waals surface area contributed by atoms with E-state index in [4.69, 9.17) is 18.9 Å². The second-order valence-electron chi connectivity index (χ2n) is 17.1. The Bertz CT molecular complexity index is 1290. The molecule has 1 rings (SSSR count). The van der Waals surface area contributed by atoms with Gasteiger partial charge in [0.25, 0.3) is 10.1 Å². The van der Waals surface area contributed by atoms with E-state index in [2.05, 4.69) is 50.3 Å². The van der Waals surface area contributed by atoms with E-state index in [1.54, 1.807) is 0 Å². The van der Waals surface area contributed by atoms with E-state index in [9.17, 15) is 37.9 Å². The smallest absolute Gasteiger partial charge is 0.306 e. The van der Waals surface area contributed by atoms with Gasteiger partial charge in [0.1, 0.15) is 36.8 Å². The van der Waals surface area contributed by atoms with Gasteiger partial charge in [0.15, 0.2) is 12.4 Å². The van der Waals surface area contributed by atoms with Crippen molar-refractivity contribution in [3.63, 3.8) is 0 Å². The van der Waals surface area contributed by atoms with Crippen LogP contribution in [0.5, 0.6) is 0 Å². The van der Waals surface area contributed by atoms with E-state index in [1.165, 1.54) is 96.3 Å². The largest absolute Gasteiger partial charge is 0.462 e. The lowest BCUT2D eigenvalue weighted by atomic mass is 10.00. The zero-order chi connectivity index (χ0) is 45.5. The topological polar surface area (TPSA) is 186 Å². The van der Waals surface area contributed by atoms with E-state index < -0.39 is 71.2 Å². The molecular weight excluding hydrogens is 813 g/mol. The fraction of sp³-hybridized carbons (Fsp3) is 0.837. The fourth-order valence-electron chi connectivity index (χ4n) is 7.34. The van der Waals surface area contributed by atoms with Crippen molar-refractivity contribution in [3.8, 4) is 0 Å². The Balaban J connectivity index is 2.35. The van der Waals surface area contributed by atoms with Gasteiger partial charge in [-0.3, -0.25) is 14.1 Å². The Labute approximate surface area is 376 Å². The van der Waals surface area contributed by atoms with Crippen molar-refractivity contribution in [2.75, 3.05) is 19.0 Å². The van der Waals surface area contributed by atoms with Gasteiger partial charge in [-0.2, -0.15) is 8.42 Å². The maximum atomic E-state index is 12.8. The number of aliphatic hydroxyl groups is 3. The molecule has 13 heteroatoms. The summed E-state index contributed by atoms with van der Waals surface area (Å²) in [6.07, 6.45) is 36.2. The Morgan fingerprint density at radius 2 is 0.984 bits per heavy atom. The van der Waals surface area contributed by atoms with Crippen molar-refractivity contribution in [2.24, 2.45) is 0 Å². The van der Waals surface area contributed by atoms with Gasteiger partial charge >= 0.3 is 11.9 Å². The van der Waals surface area contributed by atoms with E-state index in [1.807, 2.05) is 0 Å². The molecule has 362 valence electrons. The number of allylic oxidation sites excluding steroid dienone is 6. The minimum absolute atomic E-state index is 0.161. The van der Waals surface area contributed by atoms with E-state index in [0.29, 0.717) is 12.8 Å². The quantitative estimate of drug-likeness (QED) is 0.0197. The first kappa shape index (κ1) is 57.9. The number of hydrogen-bond donors (Lipinski definition) is 4. The molecule has 0 aliphatic carbocycles. The number of esters is 2. The molecule has 0 bridgehead atoms. The Hall–Kier alpha value is -2.13. The average Bonchev–Trinajstić information content (AvgIpc) is 3.24. The highest BCUT2D eigenvalue weighted by atomic mass is 32.2. The lowest BCUT2D eigenvalue weighted by Gasteiger charge is -2.40. The van der Waals surface area contributed by atoms with Crippen molar-refractivity contribution < 1.29 is 56.8 Å². The summed E-state index contributed by atoms with van der Waals surface area (Å²) < 4.78 is 54.1. The molecule has 0 aromatic heterocycles. The van der Waals surface area contributed by atoms with E-state index in [0.717, 1.165) is 70.6 Å². The third-order valence-corrected chi connectivity index (χ3v) is 11.9. The van der Waals surface area contributed by atoms with Crippen molar-refractivity contribution in [2.45, 2.75) is 243 Å². The van der Waals surface area contributed by atoms with Crippen LogP contribution in [0.15, 0.2) is 36.5 Å². The predicted molar refractivity (Wildman–Crippen MR) is 247 cm³/mol. The minimum Gasteiger partial charge on any atom is -0.462 e. The Morgan fingerprint density at radius 1 is 0.548 bits per heavy atom. The molecule has 0 aromatic rings. The summed E-state index contributed by atoms with van der Waals surface area (Å²) in [6, 6.07) is 0. The highest BCUT2D eigenvalue weighted by Gasteiger charge is 2.46. The molecule has 6 unspecified atom stereocenters. The lowest BCUT2D eigenvalue weighted by Crippen LogP contribution is -2.60. The maximum Gasteiger partial charge on any atom is 0.306 e. The molecule has 1 saturated heterocycles. The van der Waals surface area contributed by atoms with Gasteiger partial charge in [-0.15, -0.1) is 0 Å². The van der Waals surface area contributed by atoms with Crippen molar-refractivity contribution >= 4 is 22.1 Å². The van der Waals surface area contributed by atoms with Gasteiger partial charge < -0.3 is 34.3 Å². The highest BCUT2D eigenvalue weighted by Crippen LogP contribution is 2.24. The summed E-state index contributed by atoms with van der Waals surface area (Å²) in [5, 5.41) is 30.9. The zero-order valence-electron chi connectivity index (χ0n) is 38.7. The van der Waals surface area contributed by atoms with Crippen LogP contribution in [-0.4, -0.2) is 96.0 Å². The van der Waals surface area contributed by atoms with Gasteiger partial charge in [0.05, 0.1) is 6.61 Å². The van der Waals surface area contributed by atoms with Gasteiger partial charge in [0, 0.05) is 12.8 Å². The SMILES string of the molecule is CCCC/C=C\CCCCCCCC(=O)OCC(COC1OC(CS(=O)(=O)O)C(O)C(O)C1O)OC(=O)CCCCCCCCCCCCC/C=C\C/C=C\CCCCCCC. The molecule has 1 fully saturated rings. The van der Waals surface area contributed by atoms with E-state index in [-0.39, 0.29) is 19.4 Å². The summed E-state index contributed by atoms with van der Waals surface area (Å²) in [7, 11) is -4.60. The number of unbranched alkanes of at least 4 members (excludes halogenated alkanes) is 23. The molecule has 12 nitrogen and oxygen atoms in total. The van der Waals surface area contributed by atoms with Crippen LogP contribution in [0.1, 0.15) is 206 Å². The second kappa shape index (κ2) is 39.3. The summed E-state index contributed by atoms with van der Waals surface area (Å²) in [6.45, 7) is 3.71. The van der Waals surface area contributed by atoms with Crippen LogP contribution in [-0.2, 0) is 38.7 Å². The standard InChI is InChI=1S/C49H88O12S/c1-3-5-7-9-11-13-15-16-17-18-19-20-21-22-23-24-25-26-28-30-32-34-36-38-45(51)60-42(39-58-44(50)37-35-33-31-29-27-14-12-10-8-6-4-2)40-59-49-48(54)47(53)46(52)43(61-49)41-62(55,56)57/h10,12,15-16,18-19,42-43,46-49,52-54H,3-9,11,13-14,17,20-41H2,1-2H3,(H,55,56,57)/b12-10-,16-15-,19-18-. The first-order valence-corrected chi connectivity index (χ1v) is 26.2. The molecule has 1 aliphatic heterocycles. The summed E-state index contributed by atoms with van der Waals surface area (Å²) in [4.78, 5) is 25.4. The first-order valence-electron chi connectivity index (χ1n) is 24.5. The molecule has 0 spiro atoms. The minimum atomic E-state index is -4.60. The summed E-state index contributed by atoms with van der Waals surface area (Å²) in [5.41, 5.74) is 0.